The fourth-order valence-corrected chi connectivity index (χ4v) is 4.14. The van der Waals surface area contributed by atoms with E-state index < -0.39 is 0 Å². The van der Waals surface area contributed by atoms with E-state index >= 15 is 0 Å². The first-order valence-corrected chi connectivity index (χ1v) is 8.37. The molecule has 1 spiro atoms. The van der Waals surface area contributed by atoms with Crippen molar-refractivity contribution in [1.82, 2.24) is 4.98 Å². The lowest BCUT2D eigenvalue weighted by Gasteiger charge is -2.33. The zero-order valence-corrected chi connectivity index (χ0v) is 13.5. The van der Waals surface area contributed by atoms with Gasteiger partial charge in [-0.2, -0.15) is 0 Å². The second-order valence-corrected chi connectivity index (χ2v) is 6.90. The zero-order valence-electron chi connectivity index (χ0n) is 13.5. The Morgan fingerprint density at radius 3 is 2.43 bits per heavy atom. The van der Waals surface area contributed by atoms with Gasteiger partial charge in [0.15, 0.2) is 5.78 Å². The molecule has 118 valence electrons. The van der Waals surface area contributed by atoms with Crippen LogP contribution in [0.2, 0.25) is 0 Å². The number of nitrogens with zero attached hydrogens (tertiary/aromatic N) is 1. The Balaban J connectivity index is 1.71. The second-order valence-electron chi connectivity index (χ2n) is 6.90. The van der Waals surface area contributed by atoms with E-state index in [-0.39, 0.29) is 11.2 Å². The molecule has 2 aliphatic rings. The van der Waals surface area contributed by atoms with Gasteiger partial charge in [-0.3, -0.25) is 9.78 Å². The number of methoxy groups -OCH3 is 1. The summed E-state index contributed by atoms with van der Waals surface area (Å²) in [7, 11) is 1.67. The molecular formula is C20H21NO2. The molecule has 1 saturated carbocycles. The number of carbonyl (C=O) groups is 1. The number of ketones is 1. The minimum Gasteiger partial charge on any atom is -0.497 e. The summed E-state index contributed by atoms with van der Waals surface area (Å²) in [6, 6.07) is 11.9. The zero-order chi connectivity index (χ0) is 15.9. The maximum Gasteiger partial charge on any atom is 0.165 e. The number of aromatic nitrogens is 1. The highest BCUT2D eigenvalue weighted by atomic mass is 16.5. The van der Waals surface area contributed by atoms with Gasteiger partial charge in [0.2, 0.25) is 0 Å². The highest BCUT2D eigenvalue weighted by Gasteiger charge is 2.41. The van der Waals surface area contributed by atoms with Crippen LogP contribution in [0, 0.1) is 5.41 Å². The summed E-state index contributed by atoms with van der Waals surface area (Å²) in [5.74, 6) is 1.12. The van der Waals surface area contributed by atoms with Crippen molar-refractivity contribution in [1.29, 1.82) is 0 Å². The van der Waals surface area contributed by atoms with Gasteiger partial charge in [0.1, 0.15) is 5.75 Å². The van der Waals surface area contributed by atoms with Gasteiger partial charge in [-0.15, -0.1) is 0 Å². The highest BCUT2D eigenvalue weighted by molar-refractivity contribution is 5.99. The molecule has 3 nitrogen and oxygen atoms in total. The maximum absolute atomic E-state index is 12.5. The van der Waals surface area contributed by atoms with E-state index in [0.29, 0.717) is 6.42 Å². The van der Waals surface area contributed by atoms with Crippen molar-refractivity contribution in [2.45, 2.75) is 38.5 Å². The first kappa shape index (κ1) is 14.4. The van der Waals surface area contributed by atoms with Crippen LogP contribution < -0.4 is 4.74 Å². The predicted molar refractivity (Wildman–Crippen MR) is 89.8 cm³/mol. The fourth-order valence-electron chi connectivity index (χ4n) is 4.14. The molecule has 0 bridgehead atoms. The highest BCUT2D eigenvalue weighted by Crippen LogP contribution is 2.47. The minimum atomic E-state index is 0.190. The van der Waals surface area contributed by atoms with Crippen LogP contribution in [0.5, 0.6) is 5.75 Å². The molecular weight excluding hydrogens is 286 g/mol. The standard InChI is InChI=1S/C20H21NO2/c1-23-15-6-4-14(5-7-15)17-9-8-16-18(21-17)12-20(13-19(16)22)10-2-3-11-20/h4-9H,2-3,10-13H2,1H3. The normalized spacial score (nSPS) is 18.9. The SMILES string of the molecule is COc1ccc(-c2ccc3c(n2)CC2(CCCC2)CC3=O)cc1. The number of Topliss-reactive ketones (excluding diaryl/α,β-unsaturated/α-hetero) is 1. The summed E-state index contributed by atoms with van der Waals surface area (Å²) >= 11 is 0. The van der Waals surface area contributed by atoms with Gasteiger partial charge in [-0.25, -0.2) is 0 Å². The van der Waals surface area contributed by atoms with Gasteiger partial charge in [0, 0.05) is 17.5 Å². The third-order valence-electron chi connectivity index (χ3n) is 5.40. The molecule has 0 amide bonds. The Labute approximate surface area is 136 Å². The molecule has 1 aromatic heterocycles. The molecule has 2 aromatic rings. The van der Waals surface area contributed by atoms with E-state index in [1.807, 2.05) is 36.4 Å². The van der Waals surface area contributed by atoms with Gasteiger partial charge in [0.25, 0.3) is 0 Å². The smallest absolute Gasteiger partial charge is 0.165 e. The van der Waals surface area contributed by atoms with Crippen molar-refractivity contribution < 1.29 is 9.53 Å². The van der Waals surface area contributed by atoms with Crippen LogP contribution in [-0.4, -0.2) is 17.9 Å². The number of pyridine rings is 1. The van der Waals surface area contributed by atoms with Crippen molar-refractivity contribution in [3.8, 4) is 17.0 Å². The van der Waals surface area contributed by atoms with E-state index in [1.165, 1.54) is 25.7 Å². The van der Waals surface area contributed by atoms with Gasteiger partial charge in [-0.1, -0.05) is 12.8 Å². The number of hydrogen-bond acceptors (Lipinski definition) is 3. The van der Waals surface area contributed by atoms with Crippen LogP contribution in [0.4, 0.5) is 0 Å². The largest absolute Gasteiger partial charge is 0.497 e. The molecule has 0 unspecified atom stereocenters. The molecule has 0 radical (unpaired) electrons. The van der Waals surface area contributed by atoms with E-state index in [1.54, 1.807) is 7.11 Å². The Bertz CT molecular complexity index is 743. The van der Waals surface area contributed by atoms with Crippen LogP contribution in [0.1, 0.15) is 48.2 Å². The summed E-state index contributed by atoms with van der Waals surface area (Å²) in [4.78, 5) is 17.4. The van der Waals surface area contributed by atoms with Crippen LogP contribution >= 0.6 is 0 Å². The Hall–Kier alpha value is -2.16. The topological polar surface area (TPSA) is 39.2 Å². The lowest BCUT2D eigenvalue weighted by Crippen LogP contribution is -2.30. The van der Waals surface area contributed by atoms with E-state index in [4.69, 9.17) is 9.72 Å². The van der Waals surface area contributed by atoms with Crippen molar-refractivity contribution in [3.05, 3.63) is 47.7 Å². The molecule has 1 fully saturated rings. The predicted octanol–water partition coefficient (Wildman–Crippen LogP) is 4.45. The fraction of sp³-hybridized carbons (Fsp3) is 0.400. The second kappa shape index (κ2) is 5.48. The van der Waals surface area contributed by atoms with Crippen LogP contribution in [0.3, 0.4) is 0 Å². The monoisotopic (exact) mass is 307 g/mol. The molecule has 23 heavy (non-hydrogen) atoms. The molecule has 3 heteroatoms. The van der Waals surface area contributed by atoms with Crippen LogP contribution in [0.15, 0.2) is 36.4 Å². The summed E-state index contributed by atoms with van der Waals surface area (Å²) in [5.41, 5.74) is 4.02. The number of ether oxygens (including phenoxy) is 1. The molecule has 0 saturated heterocycles. The van der Waals surface area contributed by atoms with E-state index in [0.717, 1.165) is 34.7 Å². The lowest BCUT2D eigenvalue weighted by atomic mass is 9.71. The number of benzene rings is 1. The molecule has 0 N–H and O–H groups in total. The maximum atomic E-state index is 12.5. The Morgan fingerprint density at radius 2 is 1.74 bits per heavy atom. The third-order valence-corrected chi connectivity index (χ3v) is 5.40. The quantitative estimate of drug-likeness (QED) is 0.823. The van der Waals surface area contributed by atoms with E-state index in [2.05, 4.69) is 0 Å². The van der Waals surface area contributed by atoms with Crippen molar-refractivity contribution >= 4 is 5.78 Å². The molecule has 2 aliphatic carbocycles. The third kappa shape index (κ3) is 2.54. The van der Waals surface area contributed by atoms with Crippen LogP contribution in [0.25, 0.3) is 11.3 Å². The number of rotatable bonds is 2. The van der Waals surface area contributed by atoms with E-state index in [9.17, 15) is 4.79 Å². The first-order valence-electron chi connectivity index (χ1n) is 8.37. The lowest BCUT2D eigenvalue weighted by molar-refractivity contribution is 0.0885. The van der Waals surface area contributed by atoms with Gasteiger partial charge < -0.3 is 4.74 Å². The van der Waals surface area contributed by atoms with Gasteiger partial charge in [0.05, 0.1) is 18.5 Å². The van der Waals surface area contributed by atoms with Crippen molar-refractivity contribution in [2.24, 2.45) is 5.41 Å². The summed E-state index contributed by atoms with van der Waals surface area (Å²) in [6.07, 6.45) is 6.52. The summed E-state index contributed by atoms with van der Waals surface area (Å²) in [5, 5.41) is 0. The number of carbonyl (C=O) groups excluding carboxylic acids is 1. The van der Waals surface area contributed by atoms with Crippen molar-refractivity contribution in [3.63, 3.8) is 0 Å². The number of hydrogen-bond donors (Lipinski definition) is 0. The molecule has 0 atom stereocenters. The van der Waals surface area contributed by atoms with Gasteiger partial charge in [-0.05, 0) is 61.1 Å². The van der Waals surface area contributed by atoms with Gasteiger partial charge >= 0.3 is 0 Å². The molecule has 0 aliphatic heterocycles. The Morgan fingerprint density at radius 1 is 1.00 bits per heavy atom. The molecule has 1 heterocycles. The number of fused-ring (bicyclic) bond motifs is 1. The Kier molecular flexibility index (Phi) is 3.44. The molecule has 1 aromatic carbocycles. The van der Waals surface area contributed by atoms with Crippen LogP contribution in [-0.2, 0) is 6.42 Å². The first-order chi connectivity index (χ1) is 11.2. The minimum absolute atomic E-state index is 0.190. The average Bonchev–Trinajstić information content (AvgIpc) is 3.02. The summed E-state index contributed by atoms with van der Waals surface area (Å²) in [6.45, 7) is 0. The molecule has 4 rings (SSSR count). The average molecular weight is 307 g/mol. The summed E-state index contributed by atoms with van der Waals surface area (Å²) < 4.78 is 5.21. The van der Waals surface area contributed by atoms with Crippen molar-refractivity contribution in [2.75, 3.05) is 7.11 Å².